The first-order valence-electron chi connectivity index (χ1n) is 12.5. The molecule has 0 bridgehead atoms. The average molecular weight is 699 g/mol. The second-order valence-electron chi connectivity index (χ2n) is 11.9. The van der Waals surface area contributed by atoms with E-state index in [0.29, 0.717) is 67.9 Å². The zero-order chi connectivity index (χ0) is 28.5. The van der Waals surface area contributed by atoms with Gasteiger partial charge in [-0.15, -0.1) is 0 Å². The Morgan fingerprint density at radius 2 is 1.31 bits per heavy atom. The number of hydrogen-bond acceptors (Lipinski definition) is 6. The van der Waals surface area contributed by atoms with E-state index in [2.05, 4.69) is 31.9 Å². The van der Waals surface area contributed by atoms with Crippen molar-refractivity contribution in [2.45, 2.75) is 64.2 Å². The number of ketones is 2. The Morgan fingerprint density at radius 1 is 0.846 bits per heavy atom. The molecule has 39 heavy (non-hydrogen) atoms. The van der Waals surface area contributed by atoms with E-state index in [0.717, 1.165) is 0 Å². The second-order valence-corrected chi connectivity index (χ2v) is 15.6. The normalized spacial score (nSPS) is 20.9. The van der Waals surface area contributed by atoms with Crippen molar-refractivity contribution in [3.8, 4) is 5.75 Å². The van der Waals surface area contributed by atoms with Gasteiger partial charge in [-0.05, 0) is 84.7 Å². The second kappa shape index (κ2) is 9.86. The third-order valence-corrected chi connectivity index (χ3v) is 9.90. The third kappa shape index (κ3) is 5.52. The maximum atomic E-state index is 13.5. The van der Waals surface area contributed by atoms with E-state index < -0.39 is 16.0 Å². The van der Waals surface area contributed by atoms with Crippen LogP contribution in [0, 0.1) is 10.8 Å². The molecule has 0 fully saturated rings. The number of carbonyl (C=O) groups excluding carboxylic acids is 2. The first-order valence-corrected chi connectivity index (χ1v) is 15.8. The van der Waals surface area contributed by atoms with E-state index in [-0.39, 0.29) is 33.0 Å². The van der Waals surface area contributed by atoms with Crippen LogP contribution in [0.15, 0.2) is 72.9 Å². The van der Waals surface area contributed by atoms with Crippen molar-refractivity contribution in [3.05, 3.63) is 78.6 Å². The van der Waals surface area contributed by atoms with Crippen LogP contribution in [0.3, 0.4) is 0 Å². The number of rotatable bonds is 4. The monoisotopic (exact) mass is 696 g/mol. The van der Waals surface area contributed by atoms with Gasteiger partial charge in [-0.2, -0.15) is 8.42 Å². The Kier molecular flexibility index (Phi) is 7.22. The molecule has 0 spiro atoms. The highest BCUT2D eigenvalue weighted by Crippen LogP contribution is 2.54. The number of halogens is 3. The zero-order valence-electron chi connectivity index (χ0n) is 21.9. The topological polar surface area (TPSA) is 86.7 Å². The smallest absolute Gasteiger partial charge is 0.339 e. The molecule has 0 amide bonds. The number of ether oxygens (including phenoxy) is 1. The Hall–Kier alpha value is -1.94. The Bertz CT molecular complexity index is 1510. The fourth-order valence-corrected chi connectivity index (χ4v) is 8.28. The number of benzene rings is 2. The van der Waals surface area contributed by atoms with Crippen LogP contribution in [0.1, 0.15) is 64.9 Å². The minimum Gasteiger partial charge on any atom is -0.465 e. The standard InChI is InChI=1S/C29H27Br2ClO6S/c1-28(2)11-20(33)25-22(13-28)37-23-14-29(3,4)12-21(34)26(23)24(25)15-9-18(30)27(19(31)10-15)38-39(35,36)17-7-5-16(32)6-8-17/h5-10,24H,11-14H2,1-4H3. The van der Waals surface area contributed by atoms with Crippen LogP contribution in [0.2, 0.25) is 5.02 Å². The first kappa shape index (κ1) is 28.6. The summed E-state index contributed by atoms with van der Waals surface area (Å²) in [4.78, 5) is 27.0. The van der Waals surface area contributed by atoms with E-state index >= 15 is 0 Å². The fourth-order valence-electron chi connectivity index (χ4n) is 5.59. The first-order chi connectivity index (χ1) is 18.1. The number of carbonyl (C=O) groups is 2. The predicted molar refractivity (Wildman–Crippen MR) is 155 cm³/mol. The number of allylic oxidation sites excluding steroid dienone is 4. The molecule has 2 aliphatic carbocycles. The van der Waals surface area contributed by atoms with Crippen molar-refractivity contribution in [3.63, 3.8) is 0 Å². The minimum atomic E-state index is -4.16. The largest absolute Gasteiger partial charge is 0.465 e. The van der Waals surface area contributed by atoms with Gasteiger partial charge in [0.2, 0.25) is 0 Å². The third-order valence-electron chi connectivity index (χ3n) is 7.23. The summed E-state index contributed by atoms with van der Waals surface area (Å²) in [6, 6.07) is 9.09. The van der Waals surface area contributed by atoms with Crippen LogP contribution in [0.25, 0.3) is 0 Å². The molecule has 0 atom stereocenters. The molecule has 2 aromatic rings. The van der Waals surface area contributed by atoms with Gasteiger partial charge >= 0.3 is 10.1 Å². The molecule has 5 rings (SSSR count). The molecule has 206 valence electrons. The summed E-state index contributed by atoms with van der Waals surface area (Å²) in [6.07, 6.45) is 1.85. The van der Waals surface area contributed by atoms with Gasteiger partial charge in [0.05, 0.1) is 8.95 Å². The molecule has 0 aromatic heterocycles. The summed E-state index contributed by atoms with van der Waals surface area (Å²) in [6.45, 7) is 8.14. The van der Waals surface area contributed by atoms with Crippen LogP contribution in [-0.4, -0.2) is 20.0 Å². The van der Waals surface area contributed by atoms with Crippen LogP contribution in [0.4, 0.5) is 0 Å². The maximum absolute atomic E-state index is 13.5. The summed E-state index contributed by atoms with van der Waals surface area (Å²) < 4.78 is 38.5. The predicted octanol–water partition coefficient (Wildman–Crippen LogP) is 8.03. The van der Waals surface area contributed by atoms with Crippen LogP contribution in [-0.2, 0) is 24.4 Å². The quantitative estimate of drug-likeness (QED) is 0.301. The molecule has 1 heterocycles. The van der Waals surface area contributed by atoms with E-state index in [4.69, 9.17) is 20.5 Å². The van der Waals surface area contributed by atoms with Gasteiger partial charge in [-0.25, -0.2) is 0 Å². The molecule has 10 heteroatoms. The van der Waals surface area contributed by atoms with Gasteiger partial charge in [0.15, 0.2) is 17.3 Å². The van der Waals surface area contributed by atoms with Crippen molar-refractivity contribution in [2.24, 2.45) is 10.8 Å². The summed E-state index contributed by atoms with van der Waals surface area (Å²) in [5, 5.41) is 0.403. The molecule has 3 aliphatic rings. The molecule has 2 aromatic carbocycles. The Balaban J connectivity index is 1.61. The van der Waals surface area contributed by atoms with E-state index in [1.54, 1.807) is 12.1 Å². The Morgan fingerprint density at radius 3 is 1.77 bits per heavy atom. The van der Waals surface area contributed by atoms with Crippen LogP contribution < -0.4 is 4.18 Å². The molecule has 0 unspecified atom stereocenters. The zero-order valence-corrected chi connectivity index (χ0v) is 26.6. The molecule has 1 aliphatic heterocycles. The van der Waals surface area contributed by atoms with Gasteiger partial charge in [-0.1, -0.05) is 39.3 Å². The lowest BCUT2D eigenvalue weighted by Gasteiger charge is -2.42. The summed E-state index contributed by atoms with van der Waals surface area (Å²) in [5.41, 5.74) is 1.14. The lowest BCUT2D eigenvalue weighted by Crippen LogP contribution is -2.37. The lowest BCUT2D eigenvalue weighted by atomic mass is 9.65. The van der Waals surface area contributed by atoms with Crippen molar-refractivity contribution >= 4 is 65.1 Å². The summed E-state index contributed by atoms with van der Waals surface area (Å²) in [5.74, 6) is 0.565. The molecule has 6 nitrogen and oxygen atoms in total. The van der Waals surface area contributed by atoms with Crippen molar-refractivity contribution in [1.82, 2.24) is 0 Å². The number of Topliss-reactive ketones (excluding diaryl/α,β-unsaturated/α-hetero) is 2. The van der Waals surface area contributed by atoms with Crippen molar-refractivity contribution in [1.29, 1.82) is 0 Å². The SMILES string of the molecule is CC1(C)CC(=O)C2=C(C1)OC1=C(C(=O)CC(C)(C)C1)C2c1cc(Br)c(OS(=O)(=O)c2ccc(Cl)cc2)c(Br)c1. The van der Waals surface area contributed by atoms with Crippen LogP contribution >= 0.6 is 43.5 Å². The van der Waals surface area contributed by atoms with Crippen molar-refractivity contribution in [2.75, 3.05) is 0 Å². The number of hydrogen-bond donors (Lipinski definition) is 0. The van der Waals surface area contributed by atoms with Crippen LogP contribution in [0.5, 0.6) is 5.75 Å². The molecule has 0 saturated heterocycles. The van der Waals surface area contributed by atoms with Gasteiger partial charge in [0.1, 0.15) is 16.4 Å². The molecule has 0 N–H and O–H groups in total. The fraction of sp³-hybridized carbons (Fsp3) is 0.379. The molecule has 0 saturated carbocycles. The van der Waals surface area contributed by atoms with Crippen molar-refractivity contribution < 1.29 is 26.9 Å². The summed E-state index contributed by atoms with van der Waals surface area (Å²) >= 11 is 12.8. The van der Waals surface area contributed by atoms with E-state index in [9.17, 15) is 18.0 Å². The van der Waals surface area contributed by atoms with Gasteiger partial charge in [0.25, 0.3) is 0 Å². The molecular formula is C29H27Br2ClO6S. The molecular weight excluding hydrogens is 672 g/mol. The maximum Gasteiger partial charge on any atom is 0.339 e. The highest BCUT2D eigenvalue weighted by Gasteiger charge is 2.48. The average Bonchev–Trinajstić information content (AvgIpc) is 2.78. The highest BCUT2D eigenvalue weighted by atomic mass is 79.9. The van der Waals surface area contributed by atoms with Gasteiger partial charge in [0, 0.05) is 47.8 Å². The Labute approximate surface area is 250 Å². The van der Waals surface area contributed by atoms with E-state index in [1.165, 1.54) is 24.3 Å². The summed E-state index contributed by atoms with van der Waals surface area (Å²) in [7, 11) is -4.16. The molecule has 0 radical (unpaired) electrons. The highest BCUT2D eigenvalue weighted by molar-refractivity contribution is 9.11. The van der Waals surface area contributed by atoms with E-state index in [1.807, 2.05) is 27.7 Å². The lowest BCUT2D eigenvalue weighted by molar-refractivity contribution is -0.120. The van der Waals surface area contributed by atoms with Gasteiger partial charge in [-0.3, -0.25) is 9.59 Å². The minimum absolute atomic E-state index is 0.0466. The van der Waals surface area contributed by atoms with Gasteiger partial charge < -0.3 is 8.92 Å².